The number of nitrogens with one attached hydrogen (secondary N) is 2. The second-order valence-electron chi connectivity index (χ2n) is 5.22. The zero-order chi connectivity index (χ0) is 16.6. The molecule has 0 atom stereocenters. The Bertz CT molecular complexity index is 963. The molecule has 0 radical (unpaired) electrons. The Labute approximate surface area is 138 Å². The maximum absolute atomic E-state index is 12.5. The summed E-state index contributed by atoms with van der Waals surface area (Å²) in [5, 5.41) is 0.585. The summed E-state index contributed by atoms with van der Waals surface area (Å²) in [6.45, 7) is 3.79. The van der Waals surface area contributed by atoms with Gasteiger partial charge in [-0.1, -0.05) is 29.0 Å². The lowest BCUT2D eigenvalue weighted by Crippen LogP contribution is -2.13. The molecule has 8 heteroatoms. The molecule has 0 bridgehead atoms. The van der Waals surface area contributed by atoms with Gasteiger partial charge in [-0.05, 0) is 43.7 Å². The molecule has 2 aromatic carbocycles. The molecule has 0 fully saturated rings. The highest BCUT2D eigenvalue weighted by Gasteiger charge is 2.15. The fourth-order valence-corrected chi connectivity index (χ4v) is 4.18. The number of hydrazine groups is 1. The van der Waals surface area contributed by atoms with E-state index in [1.807, 2.05) is 13.8 Å². The number of sulfonamides is 1. The predicted octanol–water partition coefficient (Wildman–Crippen LogP) is 3.00. The van der Waals surface area contributed by atoms with Crippen molar-refractivity contribution >= 4 is 42.4 Å². The van der Waals surface area contributed by atoms with Crippen LogP contribution < -0.4 is 16.0 Å². The van der Waals surface area contributed by atoms with E-state index in [1.54, 1.807) is 36.4 Å². The minimum Gasteiger partial charge on any atom is -0.300 e. The predicted molar refractivity (Wildman–Crippen MR) is 94.2 cm³/mol. The van der Waals surface area contributed by atoms with Gasteiger partial charge in [-0.2, -0.15) is 0 Å². The smallest absolute Gasteiger partial charge is 0.261 e. The molecule has 6 nitrogen and oxygen atoms in total. The molecular weight excluding hydrogens is 332 g/mol. The van der Waals surface area contributed by atoms with Crippen LogP contribution in [-0.4, -0.2) is 13.4 Å². The van der Waals surface area contributed by atoms with Crippen molar-refractivity contribution in [2.24, 2.45) is 5.84 Å². The Morgan fingerprint density at radius 3 is 2.48 bits per heavy atom. The highest BCUT2D eigenvalue weighted by atomic mass is 32.2. The van der Waals surface area contributed by atoms with Crippen LogP contribution in [0.3, 0.4) is 0 Å². The minimum absolute atomic E-state index is 0.231. The fourth-order valence-electron chi connectivity index (χ4n) is 2.25. The highest BCUT2D eigenvalue weighted by molar-refractivity contribution is 7.92. The van der Waals surface area contributed by atoms with E-state index in [2.05, 4.69) is 15.1 Å². The average molecular weight is 348 g/mol. The van der Waals surface area contributed by atoms with Gasteiger partial charge in [-0.15, -0.1) is 0 Å². The molecule has 3 rings (SSSR count). The van der Waals surface area contributed by atoms with Gasteiger partial charge in [0.15, 0.2) is 5.13 Å². The maximum Gasteiger partial charge on any atom is 0.261 e. The van der Waals surface area contributed by atoms with Crippen LogP contribution >= 0.6 is 11.3 Å². The number of anilines is 2. The van der Waals surface area contributed by atoms with E-state index in [9.17, 15) is 8.42 Å². The second-order valence-corrected chi connectivity index (χ2v) is 7.93. The number of hydrogen-bond acceptors (Lipinski definition) is 6. The summed E-state index contributed by atoms with van der Waals surface area (Å²) in [5.41, 5.74) is 5.70. The van der Waals surface area contributed by atoms with Gasteiger partial charge in [0.2, 0.25) is 0 Å². The third-order valence-electron chi connectivity index (χ3n) is 3.39. The molecule has 0 unspecified atom stereocenters. The molecule has 0 saturated heterocycles. The zero-order valence-electron chi connectivity index (χ0n) is 12.6. The van der Waals surface area contributed by atoms with Crippen molar-refractivity contribution in [2.45, 2.75) is 18.7 Å². The first-order valence-corrected chi connectivity index (χ1v) is 9.16. The van der Waals surface area contributed by atoms with E-state index in [4.69, 9.17) is 5.84 Å². The standard InChI is InChI=1S/C15H16N4O2S2/c1-9-3-5-12(6-4-9)23(20,21)19-11-7-10(2)14-13(8-11)22-15(17-14)18-16/h3-8,19H,16H2,1-2H3,(H,17,18). The molecule has 120 valence electrons. The van der Waals surface area contributed by atoms with Gasteiger partial charge in [0.05, 0.1) is 20.8 Å². The molecule has 0 amide bonds. The third kappa shape index (κ3) is 3.14. The Hall–Kier alpha value is -2.16. The molecule has 0 aliphatic rings. The number of thiazole rings is 1. The molecule has 0 aliphatic carbocycles. The van der Waals surface area contributed by atoms with Crippen LogP contribution in [0.1, 0.15) is 11.1 Å². The number of hydrogen-bond donors (Lipinski definition) is 3. The minimum atomic E-state index is -3.62. The van der Waals surface area contributed by atoms with E-state index in [0.717, 1.165) is 21.3 Å². The average Bonchev–Trinajstić information content (AvgIpc) is 2.91. The zero-order valence-corrected chi connectivity index (χ0v) is 14.3. The highest BCUT2D eigenvalue weighted by Crippen LogP contribution is 2.31. The first-order chi connectivity index (χ1) is 10.9. The van der Waals surface area contributed by atoms with E-state index in [-0.39, 0.29) is 4.90 Å². The number of aryl methyl sites for hydroxylation is 2. The van der Waals surface area contributed by atoms with E-state index in [1.165, 1.54) is 11.3 Å². The Balaban J connectivity index is 1.98. The molecular formula is C15H16N4O2S2. The summed E-state index contributed by atoms with van der Waals surface area (Å²) in [6, 6.07) is 10.2. The molecule has 1 heterocycles. The van der Waals surface area contributed by atoms with Crippen molar-refractivity contribution in [3.05, 3.63) is 47.5 Å². The van der Waals surface area contributed by atoms with Gasteiger partial charge in [-0.3, -0.25) is 10.1 Å². The lowest BCUT2D eigenvalue weighted by molar-refractivity contribution is 0.601. The largest absolute Gasteiger partial charge is 0.300 e. The molecule has 1 aromatic heterocycles. The number of nitrogen functional groups attached to an aromatic ring is 1. The molecule has 0 aliphatic heterocycles. The van der Waals surface area contributed by atoms with Crippen molar-refractivity contribution in [1.29, 1.82) is 0 Å². The molecule has 0 saturated carbocycles. The SMILES string of the molecule is Cc1ccc(S(=O)(=O)Nc2cc(C)c3nc(NN)sc3c2)cc1. The summed E-state index contributed by atoms with van der Waals surface area (Å²) in [5.74, 6) is 5.38. The van der Waals surface area contributed by atoms with Crippen molar-refractivity contribution < 1.29 is 8.42 Å². The summed E-state index contributed by atoms with van der Waals surface area (Å²) >= 11 is 1.37. The summed E-state index contributed by atoms with van der Waals surface area (Å²) in [4.78, 5) is 4.57. The van der Waals surface area contributed by atoms with Crippen LogP contribution in [0.15, 0.2) is 41.3 Å². The second kappa shape index (κ2) is 5.80. The van der Waals surface area contributed by atoms with Gasteiger partial charge < -0.3 is 0 Å². The van der Waals surface area contributed by atoms with Crippen molar-refractivity contribution in [3.63, 3.8) is 0 Å². The van der Waals surface area contributed by atoms with Crippen molar-refractivity contribution in [3.8, 4) is 0 Å². The molecule has 0 spiro atoms. The quantitative estimate of drug-likeness (QED) is 0.497. The number of nitrogens with zero attached hydrogens (tertiary/aromatic N) is 1. The first kappa shape index (κ1) is 15.7. The Morgan fingerprint density at radius 2 is 1.83 bits per heavy atom. The van der Waals surface area contributed by atoms with Crippen LogP contribution in [0.5, 0.6) is 0 Å². The van der Waals surface area contributed by atoms with Crippen LogP contribution in [0.2, 0.25) is 0 Å². The Morgan fingerprint density at radius 1 is 1.13 bits per heavy atom. The van der Waals surface area contributed by atoms with Crippen molar-refractivity contribution in [1.82, 2.24) is 4.98 Å². The molecule has 3 aromatic rings. The van der Waals surface area contributed by atoms with Gasteiger partial charge in [-0.25, -0.2) is 19.2 Å². The number of benzene rings is 2. The van der Waals surface area contributed by atoms with Crippen LogP contribution in [-0.2, 0) is 10.0 Å². The number of aromatic nitrogens is 1. The van der Waals surface area contributed by atoms with Crippen LogP contribution in [0.25, 0.3) is 10.2 Å². The van der Waals surface area contributed by atoms with Crippen LogP contribution in [0.4, 0.5) is 10.8 Å². The van der Waals surface area contributed by atoms with Gasteiger partial charge in [0, 0.05) is 0 Å². The van der Waals surface area contributed by atoms with E-state index >= 15 is 0 Å². The fraction of sp³-hybridized carbons (Fsp3) is 0.133. The number of fused-ring (bicyclic) bond motifs is 1. The molecule has 4 N–H and O–H groups in total. The lowest BCUT2D eigenvalue weighted by Gasteiger charge is -2.09. The summed E-state index contributed by atoms with van der Waals surface area (Å²) in [6.07, 6.45) is 0. The maximum atomic E-state index is 12.5. The van der Waals surface area contributed by atoms with Gasteiger partial charge in [0.1, 0.15) is 0 Å². The van der Waals surface area contributed by atoms with Gasteiger partial charge in [0.25, 0.3) is 10.0 Å². The van der Waals surface area contributed by atoms with Gasteiger partial charge >= 0.3 is 0 Å². The topological polar surface area (TPSA) is 97.1 Å². The monoisotopic (exact) mass is 348 g/mol. The summed E-state index contributed by atoms with van der Waals surface area (Å²) in [7, 11) is -3.62. The number of rotatable bonds is 4. The summed E-state index contributed by atoms with van der Waals surface area (Å²) < 4.78 is 28.4. The lowest BCUT2D eigenvalue weighted by atomic mass is 10.2. The van der Waals surface area contributed by atoms with E-state index in [0.29, 0.717) is 10.8 Å². The first-order valence-electron chi connectivity index (χ1n) is 6.86. The number of nitrogens with two attached hydrogens (primary N) is 1. The normalized spacial score (nSPS) is 11.6. The Kier molecular flexibility index (Phi) is 3.97. The van der Waals surface area contributed by atoms with E-state index < -0.39 is 10.0 Å². The molecule has 23 heavy (non-hydrogen) atoms. The van der Waals surface area contributed by atoms with Crippen molar-refractivity contribution in [2.75, 3.05) is 10.1 Å². The third-order valence-corrected chi connectivity index (χ3v) is 5.72. The van der Waals surface area contributed by atoms with Crippen LogP contribution in [0, 0.1) is 13.8 Å².